The molecule has 2 aromatic rings. The van der Waals surface area contributed by atoms with Gasteiger partial charge in [0, 0.05) is 27.1 Å². The second-order valence-electron chi connectivity index (χ2n) is 8.53. The van der Waals surface area contributed by atoms with Gasteiger partial charge in [-0.15, -0.1) is 0 Å². The second-order valence-corrected chi connectivity index (χ2v) is 8.53. The van der Waals surface area contributed by atoms with Crippen molar-refractivity contribution in [3.8, 4) is 11.1 Å². The molecule has 2 atom stereocenters. The van der Waals surface area contributed by atoms with Gasteiger partial charge in [0.15, 0.2) is 0 Å². The van der Waals surface area contributed by atoms with E-state index in [2.05, 4.69) is 0 Å². The number of nitrogens with two attached hydrogens (primary N) is 1. The van der Waals surface area contributed by atoms with Crippen LogP contribution in [-0.4, -0.2) is 78.0 Å². The van der Waals surface area contributed by atoms with Crippen LogP contribution < -0.4 is 5.73 Å². The number of hydrogen-bond donors (Lipinski definition) is 2. The third kappa shape index (κ3) is 7.94. The van der Waals surface area contributed by atoms with Crippen molar-refractivity contribution in [1.82, 2.24) is 9.80 Å². The molecule has 202 valence electrons. The zero-order valence-electron chi connectivity index (χ0n) is 19.8. The molecule has 2 amide bonds. The largest absolute Gasteiger partial charge is 0.490 e. The van der Waals surface area contributed by atoms with E-state index in [0.717, 1.165) is 16.0 Å². The number of halogens is 6. The summed E-state index contributed by atoms with van der Waals surface area (Å²) in [6, 6.07) is 11.5. The van der Waals surface area contributed by atoms with Crippen LogP contribution in [0, 0.1) is 5.82 Å². The molecule has 13 heteroatoms. The minimum atomic E-state index is -5.08. The Balaban J connectivity index is 0.000000604. The predicted molar refractivity (Wildman–Crippen MR) is 121 cm³/mol. The van der Waals surface area contributed by atoms with Crippen LogP contribution in [0.1, 0.15) is 17.9 Å². The lowest BCUT2D eigenvalue weighted by Gasteiger charge is -2.28. The van der Waals surface area contributed by atoms with Gasteiger partial charge in [-0.05, 0) is 28.8 Å². The molecule has 3 N–H and O–H groups in total. The summed E-state index contributed by atoms with van der Waals surface area (Å²) in [6.45, 7) is -0.780. The Morgan fingerprint density at radius 1 is 1.00 bits per heavy atom. The van der Waals surface area contributed by atoms with E-state index in [1.54, 1.807) is 50.5 Å². The van der Waals surface area contributed by atoms with Gasteiger partial charge in [-0.25, -0.2) is 18.0 Å². The number of alkyl halides is 5. The molecule has 0 aliphatic carbocycles. The maximum atomic E-state index is 13.5. The van der Waals surface area contributed by atoms with E-state index in [4.69, 9.17) is 15.6 Å². The smallest absolute Gasteiger partial charge is 0.475 e. The number of likely N-dealkylation sites (N-methyl/N-ethyl adjacent to an activating group) is 1. The molecule has 1 fully saturated rings. The Bertz CT molecular complexity index is 1100. The van der Waals surface area contributed by atoms with Crippen LogP contribution in [0.5, 0.6) is 0 Å². The Morgan fingerprint density at radius 2 is 1.46 bits per heavy atom. The van der Waals surface area contributed by atoms with Crippen molar-refractivity contribution in [3.63, 3.8) is 0 Å². The van der Waals surface area contributed by atoms with Gasteiger partial charge in [-0.2, -0.15) is 13.2 Å². The number of likely N-dealkylation sites (tertiary alicyclic amines) is 1. The van der Waals surface area contributed by atoms with Crippen molar-refractivity contribution in [1.29, 1.82) is 0 Å². The van der Waals surface area contributed by atoms with Crippen LogP contribution in [0.2, 0.25) is 0 Å². The minimum absolute atomic E-state index is 0.0914. The summed E-state index contributed by atoms with van der Waals surface area (Å²) < 4.78 is 71.9. The molecule has 2 aromatic carbocycles. The first kappa shape index (κ1) is 29.6. The highest BCUT2D eigenvalue weighted by Crippen LogP contribution is 2.30. The van der Waals surface area contributed by atoms with E-state index in [0.29, 0.717) is 5.56 Å². The van der Waals surface area contributed by atoms with Gasteiger partial charge in [-0.1, -0.05) is 36.4 Å². The summed E-state index contributed by atoms with van der Waals surface area (Å²) in [7, 11) is 3.09. The van der Waals surface area contributed by atoms with E-state index in [1.165, 1.54) is 17.0 Å². The molecule has 0 bridgehead atoms. The molecule has 0 spiro atoms. The van der Waals surface area contributed by atoms with Crippen LogP contribution in [-0.2, 0) is 14.4 Å². The number of carbonyl (C=O) groups is 3. The summed E-state index contributed by atoms with van der Waals surface area (Å²) >= 11 is 0. The van der Waals surface area contributed by atoms with E-state index in [9.17, 15) is 35.9 Å². The first-order valence-corrected chi connectivity index (χ1v) is 10.8. The fourth-order valence-corrected chi connectivity index (χ4v) is 3.58. The number of carboxylic acid groups (broad SMARTS) is 1. The average molecular weight is 533 g/mol. The Labute approximate surface area is 208 Å². The van der Waals surface area contributed by atoms with E-state index in [1.807, 2.05) is 0 Å². The molecule has 0 radical (unpaired) electrons. The van der Waals surface area contributed by atoms with E-state index in [-0.39, 0.29) is 12.4 Å². The van der Waals surface area contributed by atoms with Crippen molar-refractivity contribution in [2.24, 2.45) is 5.73 Å². The quantitative estimate of drug-likeness (QED) is 0.573. The van der Waals surface area contributed by atoms with Crippen LogP contribution >= 0.6 is 0 Å². The first-order chi connectivity index (χ1) is 17.0. The number of carbonyl (C=O) groups excluding carboxylic acids is 2. The number of aliphatic carboxylic acids is 1. The lowest BCUT2D eigenvalue weighted by Crippen LogP contribution is -2.50. The number of rotatable bonds is 5. The Hall–Kier alpha value is -3.61. The maximum Gasteiger partial charge on any atom is 0.490 e. The first-order valence-electron chi connectivity index (χ1n) is 10.8. The highest BCUT2D eigenvalue weighted by atomic mass is 19.4. The van der Waals surface area contributed by atoms with Gasteiger partial charge >= 0.3 is 12.1 Å². The minimum Gasteiger partial charge on any atom is -0.475 e. The third-order valence-electron chi connectivity index (χ3n) is 5.52. The van der Waals surface area contributed by atoms with E-state index >= 15 is 0 Å². The Kier molecular flexibility index (Phi) is 9.31. The van der Waals surface area contributed by atoms with Crippen LogP contribution in [0.3, 0.4) is 0 Å². The molecular weight excluding hydrogens is 508 g/mol. The zero-order valence-corrected chi connectivity index (χ0v) is 19.8. The number of nitrogens with zero attached hydrogens (tertiary/aromatic N) is 2. The summed E-state index contributed by atoms with van der Waals surface area (Å²) in [5.41, 5.74) is 8.24. The molecule has 3 rings (SSSR count). The molecule has 0 aromatic heterocycles. The van der Waals surface area contributed by atoms with Gasteiger partial charge in [0.05, 0.1) is 12.5 Å². The molecule has 0 saturated carbocycles. The summed E-state index contributed by atoms with van der Waals surface area (Å²) in [5, 5.41) is 7.12. The third-order valence-corrected chi connectivity index (χ3v) is 5.52. The van der Waals surface area contributed by atoms with Crippen molar-refractivity contribution < 1.29 is 45.8 Å². The Morgan fingerprint density at radius 3 is 1.84 bits per heavy atom. The molecule has 0 unspecified atom stereocenters. The second kappa shape index (κ2) is 11.6. The molecule has 1 saturated heterocycles. The summed E-state index contributed by atoms with van der Waals surface area (Å²) in [4.78, 5) is 36.8. The number of amides is 2. The van der Waals surface area contributed by atoms with Crippen LogP contribution in [0.15, 0.2) is 48.5 Å². The van der Waals surface area contributed by atoms with Crippen molar-refractivity contribution in [2.45, 2.75) is 30.5 Å². The van der Waals surface area contributed by atoms with Gasteiger partial charge in [-0.3, -0.25) is 9.59 Å². The van der Waals surface area contributed by atoms with Crippen molar-refractivity contribution >= 4 is 17.8 Å². The van der Waals surface area contributed by atoms with Gasteiger partial charge < -0.3 is 20.6 Å². The molecular formula is C24H25F6N3O4. The number of hydrogen-bond acceptors (Lipinski definition) is 4. The monoisotopic (exact) mass is 533 g/mol. The summed E-state index contributed by atoms with van der Waals surface area (Å²) in [6.07, 6.45) is -5.50. The van der Waals surface area contributed by atoms with Crippen molar-refractivity contribution in [2.75, 3.05) is 27.2 Å². The average Bonchev–Trinajstić information content (AvgIpc) is 3.19. The highest BCUT2D eigenvalue weighted by molar-refractivity contribution is 5.93. The molecule has 7 nitrogen and oxygen atoms in total. The topological polar surface area (TPSA) is 104 Å². The van der Waals surface area contributed by atoms with Gasteiger partial charge in [0.2, 0.25) is 11.8 Å². The summed E-state index contributed by atoms with van der Waals surface area (Å²) in [5.74, 6) is -8.11. The van der Waals surface area contributed by atoms with Gasteiger partial charge in [0.1, 0.15) is 11.9 Å². The number of benzene rings is 2. The standard InChI is InChI=1S/C22H24F3N3O2.C2HF3O2/c1-27(2)20(29)18(19(26)21(30)28-12-11-22(24,25)13-28)16-5-3-14(4-6-16)15-7-9-17(23)10-8-15;3-2(4,5)1(6)7/h3-10,18-19H,11-13,26H2,1-2H3;(H,6,7)/t18-,19-;/m0./s1. The molecule has 1 aliphatic rings. The SMILES string of the molecule is CN(C)C(=O)[C@@H](c1ccc(-c2ccc(F)cc2)cc1)[C@H](N)C(=O)N1CCC(F)(F)C1.O=C(O)C(F)(F)F. The molecule has 1 heterocycles. The number of carboxylic acids is 1. The lowest BCUT2D eigenvalue weighted by molar-refractivity contribution is -0.192. The molecule has 1 aliphatic heterocycles. The maximum absolute atomic E-state index is 13.5. The predicted octanol–water partition coefficient (Wildman–Crippen LogP) is 3.49. The highest BCUT2D eigenvalue weighted by Gasteiger charge is 2.44. The fourth-order valence-electron chi connectivity index (χ4n) is 3.58. The fraction of sp³-hybridized carbons (Fsp3) is 0.375. The molecule has 37 heavy (non-hydrogen) atoms. The van der Waals surface area contributed by atoms with Crippen LogP contribution in [0.4, 0.5) is 26.3 Å². The van der Waals surface area contributed by atoms with Gasteiger partial charge in [0.25, 0.3) is 5.92 Å². The van der Waals surface area contributed by atoms with E-state index < -0.39 is 54.8 Å². The van der Waals surface area contributed by atoms with Crippen molar-refractivity contribution in [3.05, 3.63) is 59.9 Å². The zero-order chi connectivity index (χ0) is 28.1. The lowest BCUT2D eigenvalue weighted by atomic mass is 9.88. The van der Waals surface area contributed by atoms with Crippen LogP contribution in [0.25, 0.3) is 11.1 Å². The normalized spacial score (nSPS) is 16.3.